The van der Waals surface area contributed by atoms with Crippen LogP contribution in [0.3, 0.4) is 0 Å². The molecule has 0 aromatic heterocycles. The molecular weight excluding hydrogens is 569 g/mol. The molecule has 0 radical (unpaired) electrons. The van der Waals surface area contributed by atoms with E-state index in [1.165, 1.54) is 36.2 Å². The molecule has 0 saturated heterocycles. The Bertz CT molecular complexity index is 1450. The summed E-state index contributed by atoms with van der Waals surface area (Å²) in [5.74, 6) is -1.03. The number of carbonyl (C=O) groups excluding carboxylic acids is 2. The molecule has 0 aliphatic heterocycles. The van der Waals surface area contributed by atoms with Gasteiger partial charge in [0.2, 0.25) is 11.8 Å². The number of likely N-dealkylation sites (N-methyl/N-ethyl adjacent to an activating group) is 1. The molecule has 1 atom stereocenters. The van der Waals surface area contributed by atoms with Crippen molar-refractivity contribution in [2.24, 2.45) is 0 Å². The van der Waals surface area contributed by atoms with Gasteiger partial charge in [-0.2, -0.15) is 0 Å². The van der Waals surface area contributed by atoms with Crippen LogP contribution in [0.5, 0.6) is 0 Å². The van der Waals surface area contributed by atoms with Crippen molar-refractivity contribution in [3.8, 4) is 0 Å². The first-order valence-electron chi connectivity index (χ1n) is 11.7. The van der Waals surface area contributed by atoms with Crippen LogP contribution in [0.15, 0.2) is 65.6 Å². The maximum atomic E-state index is 13.8. The fourth-order valence-electron chi connectivity index (χ4n) is 3.73. The van der Waals surface area contributed by atoms with Gasteiger partial charge in [0, 0.05) is 28.7 Å². The highest BCUT2D eigenvalue weighted by Gasteiger charge is 2.32. The molecule has 3 aromatic rings. The number of amides is 2. The molecule has 0 bridgehead atoms. The van der Waals surface area contributed by atoms with Crippen molar-refractivity contribution < 1.29 is 18.0 Å². The second-order valence-electron chi connectivity index (χ2n) is 8.81. The summed E-state index contributed by atoms with van der Waals surface area (Å²) in [6.45, 7) is 4.57. The Balaban J connectivity index is 2.07. The normalized spacial score (nSPS) is 12.1. The van der Waals surface area contributed by atoms with Gasteiger partial charge in [-0.1, -0.05) is 64.6 Å². The molecule has 2 amide bonds. The molecule has 0 fully saturated rings. The number of sulfonamides is 1. The van der Waals surface area contributed by atoms with E-state index in [2.05, 4.69) is 5.32 Å². The lowest BCUT2D eigenvalue weighted by Crippen LogP contribution is -2.50. The molecule has 7 nitrogen and oxygen atoms in total. The van der Waals surface area contributed by atoms with E-state index in [0.717, 1.165) is 15.4 Å². The number of anilines is 1. The van der Waals surface area contributed by atoms with Gasteiger partial charge in [0.1, 0.15) is 12.6 Å². The summed E-state index contributed by atoms with van der Waals surface area (Å²) in [6.07, 6.45) is 0. The summed E-state index contributed by atoms with van der Waals surface area (Å²) < 4.78 is 28.6. The van der Waals surface area contributed by atoms with Crippen LogP contribution in [0.2, 0.25) is 15.1 Å². The molecule has 0 heterocycles. The Kier molecular flexibility index (Phi) is 9.70. The average molecular weight is 597 g/mol. The minimum Gasteiger partial charge on any atom is -0.357 e. The minimum absolute atomic E-state index is 0.0132. The molecule has 1 unspecified atom stereocenters. The van der Waals surface area contributed by atoms with Gasteiger partial charge in [-0.15, -0.1) is 0 Å². The largest absolute Gasteiger partial charge is 0.357 e. The first-order valence-corrected chi connectivity index (χ1v) is 14.2. The van der Waals surface area contributed by atoms with Crippen LogP contribution in [-0.2, 0) is 26.2 Å². The van der Waals surface area contributed by atoms with E-state index in [1.807, 2.05) is 6.92 Å². The predicted octanol–water partition coefficient (Wildman–Crippen LogP) is 5.62. The van der Waals surface area contributed by atoms with Gasteiger partial charge in [-0.25, -0.2) is 8.42 Å². The third-order valence-corrected chi connectivity index (χ3v) is 8.88. The molecule has 3 rings (SSSR count). The number of aryl methyl sites for hydroxylation is 2. The number of hydrogen-bond donors (Lipinski definition) is 1. The Morgan fingerprint density at radius 3 is 2.16 bits per heavy atom. The number of rotatable bonds is 9. The van der Waals surface area contributed by atoms with E-state index in [9.17, 15) is 18.0 Å². The molecule has 11 heteroatoms. The zero-order valence-corrected chi connectivity index (χ0v) is 24.4. The monoisotopic (exact) mass is 595 g/mol. The van der Waals surface area contributed by atoms with Crippen LogP contribution in [0, 0.1) is 13.8 Å². The highest BCUT2D eigenvalue weighted by Crippen LogP contribution is 2.29. The quantitative estimate of drug-likeness (QED) is 0.347. The second kappa shape index (κ2) is 12.4. The molecule has 0 spiro atoms. The lowest BCUT2D eigenvalue weighted by molar-refractivity contribution is -0.139. The Morgan fingerprint density at radius 1 is 0.921 bits per heavy atom. The lowest BCUT2D eigenvalue weighted by Gasteiger charge is -2.32. The Labute approximate surface area is 238 Å². The van der Waals surface area contributed by atoms with E-state index < -0.39 is 34.4 Å². The smallest absolute Gasteiger partial charge is 0.264 e. The van der Waals surface area contributed by atoms with Crippen molar-refractivity contribution in [1.29, 1.82) is 0 Å². The van der Waals surface area contributed by atoms with Gasteiger partial charge < -0.3 is 10.2 Å². The fraction of sp³-hybridized carbons (Fsp3) is 0.259. The third kappa shape index (κ3) is 6.80. The maximum absolute atomic E-state index is 13.8. The van der Waals surface area contributed by atoms with Gasteiger partial charge >= 0.3 is 0 Å². The number of nitrogens with one attached hydrogen (secondary N) is 1. The molecular formula is C27H28Cl3N3O4S. The van der Waals surface area contributed by atoms with Crippen molar-refractivity contribution in [3.63, 3.8) is 0 Å². The zero-order chi connectivity index (χ0) is 28.2. The van der Waals surface area contributed by atoms with Crippen LogP contribution in [-0.4, -0.2) is 44.8 Å². The number of nitrogens with zero attached hydrogens (tertiary/aromatic N) is 2. The third-order valence-electron chi connectivity index (χ3n) is 6.10. The maximum Gasteiger partial charge on any atom is 0.264 e. The van der Waals surface area contributed by atoms with Crippen LogP contribution in [0.4, 0.5) is 5.69 Å². The van der Waals surface area contributed by atoms with E-state index >= 15 is 0 Å². The number of hydrogen-bond acceptors (Lipinski definition) is 4. The van der Waals surface area contributed by atoms with Crippen LogP contribution in [0.25, 0.3) is 0 Å². The van der Waals surface area contributed by atoms with Crippen LogP contribution >= 0.6 is 34.8 Å². The molecule has 1 N–H and O–H groups in total. The van der Waals surface area contributed by atoms with Crippen molar-refractivity contribution in [1.82, 2.24) is 10.2 Å². The summed E-state index contributed by atoms with van der Waals surface area (Å²) in [4.78, 5) is 27.7. The van der Waals surface area contributed by atoms with Gasteiger partial charge in [-0.05, 0) is 68.3 Å². The molecule has 0 aliphatic rings. The summed E-state index contributed by atoms with van der Waals surface area (Å²) >= 11 is 18.7. The topological polar surface area (TPSA) is 86.8 Å². The van der Waals surface area contributed by atoms with E-state index in [0.29, 0.717) is 20.6 Å². The summed E-state index contributed by atoms with van der Waals surface area (Å²) in [5.41, 5.74) is 2.40. The van der Waals surface area contributed by atoms with E-state index in [1.54, 1.807) is 50.2 Å². The molecule has 202 valence electrons. The highest BCUT2D eigenvalue weighted by molar-refractivity contribution is 7.92. The second-order valence-corrected chi connectivity index (χ2v) is 11.9. The lowest BCUT2D eigenvalue weighted by atomic mass is 10.1. The zero-order valence-electron chi connectivity index (χ0n) is 21.3. The summed E-state index contributed by atoms with van der Waals surface area (Å²) in [6, 6.07) is 15.0. The average Bonchev–Trinajstić information content (AvgIpc) is 2.87. The van der Waals surface area contributed by atoms with Crippen molar-refractivity contribution in [2.45, 2.75) is 38.3 Å². The Hall–Kier alpha value is -2.78. The number of carbonyl (C=O) groups is 2. The van der Waals surface area contributed by atoms with Crippen LogP contribution in [0.1, 0.15) is 23.6 Å². The van der Waals surface area contributed by atoms with Gasteiger partial charge in [0.05, 0.1) is 10.6 Å². The molecule has 3 aromatic carbocycles. The van der Waals surface area contributed by atoms with Gasteiger partial charge in [0.25, 0.3) is 10.0 Å². The SMILES string of the molecule is CNC(=O)C(C)N(Cc1ccc(Cl)cc1Cl)C(=O)CN(c1ccc(C)c(Cl)c1)S(=O)(=O)c1ccc(C)cc1. The first kappa shape index (κ1) is 29.8. The van der Waals surface area contributed by atoms with Crippen molar-refractivity contribution in [3.05, 3.63) is 92.4 Å². The molecule has 0 saturated carbocycles. The van der Waals surface area contributed by atoms with Crippen LogP contribution < -0.4 is 9.62 Å². The Morgan fingerprint density at radius 2 is 1.58 bits per heavy atom. The van der Waals surface area contributed by atoms with Crippen molar-refractivity contribution >= 4 is 62.3 Å². The summed E-state index contributed by atoms with van der Waals surface area (Å²) in [5, 5.41) is 3.62. The van der Waals surface area contributed by atoms with Gasteiger partial charge in [-0.3, -0.25) is 13.9 Å². The van der Waals surface area contributed by atoms with E-state index in [-0.39, 0.29) is 17.1 Å². The predicted molar refractivity (Wildman–Crippen MR) is 152 cm³/mol. The number of halogens is 3. The highest BCUT2D eigenvalue weighted by atomic mass is 35.5. The van der Waals surface area contributed by atoms with Crippen molar-refractivity contribution in [2.75, 3.05) is 17.9 Å². The standard InChI is InChI=1S/C27H28Cl3N3O4S/c1-17-5-11-23(12-6-17)38(36,37)33(22-10-7-18(2)24(29)14-22)16-26(34)32(19(3)27(35)31-4)15-20-8-9-21(28)13-25(20)30/h5-14,19H,15-16H2,1-4H3,(H,31,35). The minimum atomic E-state index is -4.18. The number of benzene rings is 3. The summed E-state index contributed by atoms with van der Waals surface area (Å²) in [7, 11) is -2.73. The molecule has 0 aliphatic carbocycles. The molecule has 38 heavy (non-hydrogen) atoms. The first-order chi connectivity index (χ1) is 17.8. The fourth-order valence-corrected chi connectivity index (χ4v) is 5.78. The van der Waals surface area contributed by atoms with Gasteiger partial charge in [0.15, 0.2) is 0 Å². The van der Waals surface area contributed by atoms with E-state index in [4.69, 9.17) is 34.8 Å².